The Labute approximate surface area is 150 Å². The molecular formula is C20H29NO4. The van der Waals surface area contributed by atoms with Crippen molar-refractivity contribution in [2.75, 3.05) is 0 Å². The summed E-state index contributed by atoms with van der Waals surface area (Å²) in [6.45, 7) is 2.23. The van der Waals surface area contributed by atoms with E-state index < -0.39 is 16.6 Å². The summed E-state index contributed by atoms with van der Waals surface area (Å²) >= 11 is 0. The molecule has 0 fully saturated rings. The van der Waals surface area contributed by atoms with Crippen LogP contribution in [0.15, 0.2) is 60.4 Å². The highest BCUT2D eigenvalue weighted by Crippen LogP contribution is 2.08. The molecule has 0 bridgehead atoms. The minimum absolute atomic E-state index is 0.853. The summed E-state index contributed by atoms with van der Waals surface area (Å²) in [5, 5.41) is 19.0. The summed E-state index contributed by atoms with van der Waals surface area (Å²) < 4.78 is 0. The molecule has 0 saturated carbocycles. The van der Waals surface area contributed by atoms with Gasteiger partial charge in [-0.05, 0) is 12.8 Å². The highest BCUT2D eigenvalue weighted by Gasteiger charge is 2.18. The second-order valence-corrected chi connectivity index (χ2v) is 5.61. The van der Waals surface area contributed by atoms with Crippen LogP contribution in [0.2, 0.25) is 0 Å². The summed E-state index contributed by atoms with van der Waals surface area (Å²) in [6.07, 6.45) is 25.5. The van der Waals surface area contributed by atoms with E-state index in [2.05, 4.69) is 13.0 Å². The Morgan fingerprint density at radius 2 is 1.40 bits per heavy atom. The zero-order valence-corrected chi connectivity index (χ0v) is 15.0. The summed E-state index contributed by atoms with van der Waals surface area (Å²) in [5.74, 6) is -1.55. The van der Waals surface area contributed by atoms with E-state index in [1.165, 1.54) is 51.0 Å². The monoisotopic (exact) mass is 347 g/mol. The third kappa shape index (κ3) is 14.9. The smallest absolute Gasteiger partial charge is 0.407 e. The van der Waals surface area contributed by atoms with E-state index in [1.54, 1.807) is 18.2 Å². The minimum Gasteiger partial charge on any atom is -0.473 e. The van der Waals surface area contributed by atoms with Gasteiger partial charge >= 0.3 is 11.7 Å². The predicted octanol–water partition coefficient (Wildman–Crippen LogP) is 5.60. The standard InChI is InChI=1S/C20H29NO4/c1-2-3-4-5-6-7-8-9-10-11-12-13-14-15-16-17-18-19(20(22)23)21(24)25/h10-18H,2-9H2,1H3,(H,22,23)/b11-10+,13-12+,15-14+,17-16+,19-18-. The average Bonchev–Trinajstić information content (AvgIpc) is 2.57. The fourth-order valence-electron chi connectivity index (χ4n) is 2.07. The Balaban J connectivity index is 3.84. The van der Waals surface area contributed by atoms with E-state index in [1.807, 2.05) is 18.2 Å². The van der Waals surface area contributed by atoms with E-state index in [9.17, 15) is 14.9 Å². The Kier molecular flexibility index (Phi) is 14.8. The number of aliphatic carboxylic acids is 1. The molecule has 138 valence electrons. The molecule has 0 spiro atoms. The number of nitrogens with zero attached hydrogens (tertiary/aromatic N) is 1. The van der Waals surface area contributed by atoms with Crippen LogP contribution in [-0.2, 0) is 4.79 Å². The lowest BCUT2D eigenvalue weighted by molar-refractivity contribution is -0.420. The summed E-state index contributed by atoms with van der Waals surface area (Å²) in [7, 11) is 0. The Morgan fingerprint density at radius 1 is 0.880 bits per heavy atom. The van der Waals surface area contributed by atoms with Crippen LogP contribution in [0.1, 0.15) is 58.3 Å². The van der Waals surface area contributed by atoms with Gasteiger partial charge in [0.15, 0.2) is 0 Å². The molecule has 0 saturated heterocycles. The molecule has 0 amide bonds. The van der Waals surface area contributed by atoms with E-state index in [-0.39, 0.29) is 0 Å². The first-order chi connectivity index (χ1) is 12.1. The fraction of sp³-hybridized carbons (Fsp3) is 0.450. The third-order valence-corrected chi connectivity index (χ3v) is 3.45. The van der Waals surface area contributed by atoms with Gasteiger partial charge in [0, 0.05) is 6.08 Å². The number of carbonyl (C=O) groups is 1. The average molecular weight is 347 g/mol. The zero-order chi connectivity index (χ0) is 18.8. The molecule has 25 heavy (non-hydrogen) atoms. The van der Waals surface area contributed by atoms with Crippen LogP contribution >= 0.6 is 0 Å². The van der Waals surface area contributed by atoms with Gasteiger partial charge < -0.3 is 5.11 Å². The van der Waals surface area contributed by atoms with Crippen LogP contribution in [-0.4, -0.2) is 16.0 Å². The lowest BCUT2D eigenvalue weighted by Crippen LogP contribution is -2.09. The van der Waals surface area contributed by atoms with Crippen molar-refractivity contribution in [3.63, 3.8) is 0 Å². The number of nitro groups is 1. The number of carboxylic acid groups (broad SMARTS) is 1. The van der Waals surface area contributed by atoms with Crippen LogP contribution in [0.4, 0.5) is 0 Å². The normalized spacial score (nSPS) is 12.9. The topological polar surface area (TPSA) is 80.4 Å². The van der Waals surface area contributed by atoms with Gasteiger partial charge in [0.1, 0.15) is 0 Å². The van der Waals surface area contributed by atoms with Gasteiger partial charge in [0.05, 0.1) is 4.92 Å². The maximum Gasteiger partial charge on any atom is 0.407 e. The van der Waals surface area contributed by atoms with Crippen molar-refractivity contribution in [2.24, 2.45) is 0 Å². The minimum atomic E-state index is -1.55. The van der Waals surface area contributed by atoms with Crippen LogP contribution in [0.3, 0.4) is 0 Å². The maximum absolute atomic E-state index is 10.6. The molecule has 0 aromatic heterocycles. The molecule has 0 aromatic carbocycles. The quantitative estimate of drug-likeness (QED) is 0.146. The number of carboxylic acids is 1. The van der Waals surface area contributed by atoms with Crippen molar-refractivity contribution in [3.8, 4) is 0 Å². The first kappa shape index (κ1) is 22.6. The molecular weight excluding hydrogens is 318 g/mol. The molecule has 0 aliphatic heterocycles. The van der Waals surface area contributed by atoms with Crippen molar-refractivity contribution in [2.45, 2.75) is 58.3 Å². The molecule has 0 aliphatic carbocycles. The molecule has 0 aromatic rings. The zero-order valence-electron chi connectivity index (χ0n) is 15.0. The van der Waals surface area contributed by atoms with Crippen molar-refractivity contribution < 1.29 is 14.8 Å². The molecule has 5 heteroatoms. The van der Waals surface area contributed by atoms with Gasteiger partial charge in [-0.15, -0.1) is 0 Å². The number of allylic oxidation sites excluding steroid dienone is 9. The van der Waals surface area contributed by atoms with E-state index in [4.69, 9.17) is 5.11 Å². The number of rotatable bonds is 14. The summed E-state index contributed by atoms with van der Waals surface area (Å²) in [5.41, 5.74) is -0.853. The van der Waals surface area contributed by atoms with Crippen LogP contribution in [0.5, 0.6) is 0 Å². The number of hydrogen-bond donors (Lipinski definition) is 1. The van der Waals surface area contributed by atoms with Crippen LogP contribution in [0, 0.1) is 10.1 Å². The van der Waals surface area contributed by atoms with Gasteiger partial charge in [0.25, 0.3) is 0 Å². The van der Waals surface area contributed by atoms with E-state index in [0.29, 0.717) is 0 Å². The second kappa shape index (κ2) is 16.4. The fourth-order valence-corrected chi connectivity index (χ4v) is 2.07. The van der Waals surface area contributed by atoms with Crippen LogP contribution < -0.4 is 0 Å². The maximum atomic E-state index is 10.6. The molecule has 0 rings (SSSR count). The number of unbranched alkanes of at least 4 members (excludes halogenated alkanes) is 7. The van der Waals surface area contributed by atoms with E-state index in [0.717, 1.165) is 12.5 Å². The second-order valence-electron chi connectivity index (χ2n) is 5.61. The van der Waals surface area contributed by atoms with Crippen LogP contribution in [0.25, 0.3) is 0 Å². The van der Waals surface area contributed by atoms with Gasteiger partial charge in [-0.2, -0.15) is 0 Å². The van der Waals surface area contributed by atoms with Crippen molar-refractivity contribution in [3.05, 3.63) is 70.5 Å². The third-order valence-electron chi connectivity index (χ3n) is 3.45. The van der Waals surface area contributed by atoms with Crippen molar-refractivity contribution in [1.29, 1.82) is 0 Å². The van der Waals surface area contributed by atoms with Gasteiger partial charge in [-0.1, -0.05) is 94.1 Å². The summed E-state index contributed by atoms with van der Waals surface area (Å²) in [6, 6.07) is 0. The molecule has 0 unspecified atom stereocenters. The highest BCUT2D eigenvalue weighted by atomic mass is 16.6. The van der Waals surface area contributed by atoms with Gasteiger partial charge in [0.2, 0.25) is 0 Å². The Bertz CT molecular complexity index is 512. The molecule has 5 nitrogen and oxygen atoms in total. The first-order valence-corrected chi connectivity index (χ1v) is 8.84. The SMILES string of the molecule is CCCCCCCCC/C=C/C=C/C=C/C=C/C=C(/C(=O)O)[N+](=O)[O-]. The molecule has 0 heterocycles. The Hall–Kier alpha value is -2.43. The van der Waals surface area contributed by atoms with Crippen molar-refractivity contribution >= 4 is 5.97 Å². The van der Waals surface area contributed by atoms with Crippen molar-refractivity contribution in [1.82, 2.24) is 0 Å². The summed E-state index contributed by atoms with van der Waals surface area (Å²) in [4.78, 5) is 20.0. The Morgan fingerprint density at radius 3 is 1.96 bits per heavy atom. The molecule has 0 aliphatic rings. The number of hydrogen-bond acceptors (Lipinski definition) is 3. The van der Waals surface area contributed by atoms with E-state index >= 15 is 0 Å². The lowest BCUT2D eigenvalue weighted by Gasteiger charge is -1.98. The van der Waals surface area contributed by atoms with Gasteiger partial charge in [-0.3, -0.25) is 10.1 Å². The first-order valence-electron chi connectivity index (χ1n) is 8.84. The van der Waals surface area contributed by atoms with Gasteiger partial charge in [-0.25, -0.2) is 4.79 Å². The largest absolute Gasteiger partial charge is 0.473 e. The molecule has 1 N–H and O–H groups in total. The predicted molar refractivity (Wildman–Crippen MR) is 102 cm³/mol. The molecule has 0 atom stereocenters. The highest BCUT2D eigenvalue weighted by molar-refractivity contribution is 5.84. The molecule has 0 radical (unpaired) electrons. The lowest BCUT2D eigenvalue weighted by atomic mass is 10.1.